The summed E-state index contributed by atoms with van der Waals surface area (Å²) in [6.45, 7) is 3.81. The zero-order chi connectivity index (χ0) is 11.3. The summed E-state index contributed by atoms with van der Waals surface area (Å²) in [6, 6.07) is 0. The zero-order valence-corrected chi connectivity index (χ0v) is 9.67. The largest absolute Gasteiger partial charge is 0.478 e. The molecule has 0 bridgehead atoms. The molecule has 0 aliphatic carbocycles. The van der Waals surface area contributed by atoms with Crippen LogP contribution in [0.5, 0.6) is 0 Å². The molecule has 1 heterocycles. The second kappa shape index (κ2) is 5.70. The summed E-state index contributed by atoms with van der Waals surface area (Å²) < 4.78 is 0. The van der Waals surface area contributed by atoms with Gasteiger partial charge in [0.15, 0.2) is 0 Å². The van der Waals surface area contributed by atoms with Crippen LogP contribution in [-0.4, -0.2) is 26.8 Å². The van der Waals surface area contributed by atoms with Crippen molar-refractivity contribution in [2.75, 3.05) is 5.75 Å². The van der Waals surface area contributed by atoms with Crippen LogP contribution in [0.15, 0.2) is 6.20 Å². The maximum atomic E-state index is 10.7. The smallest absolute Gasteiger partial charge is 0.339 e. The van der Waals surface area contributed by atoms with Gasteiger partial charge in [-0.1, -0.05) is 6.92 Å². The molecule has 0 saturated heterocycles. The third kappa shape index (κ3) is 3.51. The Morgan fingerprint density at radius 1 is 1.60 bits per heavy atom. The SMILES string of the molecule is CCCSCc1ncc(C(=O)O)c(C)n1. The highest BCUT2D eigenvalue weighted by Gasteiger charge is 2.09. The molecule has 82 valence electrons. The van der Waals surface area contributed by atoms with Crippen LogP contribution >= 0.6 is 11.8 Å². The molecule has 1 rings (SSSR count). The van der Waals surface area contributed by atoms with E-state index in [9.17, 15) is 4.79 Å². The van der Waals surface area contributed by atoms with Gasteiger partial charge in [-0.2, -0.15) is 11.8 Å². The third-order valence-electron chi connectivity index (χ3n) is 1.84. The van der Waals surface area contributed by atoms with Gasteiger partial charge in [-0.3, -0.25) is 0 Å². The Morgan fingerprint density at radius 2 is 2.33 bits per heavy atom. The fourth-order valence-electron chi connectivity index (χ4n) is 1.10. The van der Waals surface area contributed by atoms with E-state index in [-0.39, 0.29) is 5.56 Å². The van der Waals surface area contributed by atoms with Crippen LogP contribution in [0.25, 0.3) is 0 Å². The van der Waals surface area contributed by atoms with Crippen molar-refractivity contribution in [1.82, 2.24) is 9.97 Å². The topological polar surface area (TPSA) is 63.1 Å². The molecule has 0 atom stereocenters. The molecule has 15 heavy (non-hydrogen) atoms. The minimum Gasteiger partial charge on any atom is -0.478 e. The average molecular weight is 226 g/mol. The number of nitrogens with zero attached hydrogens (tertiary/aromatic N) is 2. The first-order valence-electron chi connectivity index (χ1n) is 4.78. The number of carboxylic acid groups (broad SMARTS) is 1. The van der Waals surface area contributed by atoms with Crippen molar-refractivity contribution < 1.29 is 9.90 Å². The molecule has 0 aliphatic heterocycles. The van der Waals surface area contributed by atoms with Gasteiger partial charge in [0.25, 0.3) is 0 Å². The molecule has 0 aliphatic rings. The molecule has 0 amide bonds. The van der Waals surface area contributed by atoms with Crippen LogP contribution in [0.1, 0.15) is 35.2 Å². The molecule has 1 N–H and O–H groups in total. The van der Waals surface area contributed by atoms with Crippen LogP contribution < -0.4 is 0 Å². The number of thioether (sulfide) groups is 1. The van der Waals surface area contributed by atoms with Crippen LogP contribution in [0, 0.1) is 6.92 Å². The summed E-state index contributed by atoms with van der Waals surface area (Å²) in [6.07, 6.45) is 2.50. The van der Waals surface area contributed by atoms with Crippen LogP contribution in [0.4, 0.5) is 0 Å². The first kappa shape index (κ1) is 12.0. The number of aromatic carboxylic acids is 1. The third-order valence-corrected chi connectivity index (χ3v) is 3.00. The van der Waals surface area contributed by atoms with Gasteiger partial charge in [0.05, 0.1) is 17.0 Å². The first-order chi connectivity index (χ1) is 7.15. The summed E-state index contributed by atoms with van der Waals surface area (Å²) in [4.78, 5) is 18.9. The standard InChI is InChI=1S/C10H14N2O2S/c1-3-4-15-6-9-11-5-8(10(13)14)7(2)12-9/h5H,3-4,6H2,1-2H3,(H,13,14). The molecule has 0 spiro atoms. The molecule has 4 nitrogen and oxygen atoms in total. The molecule has 0 saturated carbocycles. The van der Waals surface area contributed by atoms with Gasteiger partial charge in [0.2, 0.25) is 0 Å². The zero-order valence-electron chi connectivity index (χ0n) is 8.86. The first-order valence-corrected chi connectivity index (χ1v) is 5.94. The van der Waals surface area contributed by atoms with E-state index in [1.54, 1.807) is 18.7 Å². The van der Waals surface area contributed by atoms with Crippen molar-refractivity contribution in [3.63, 3.8) is 0 Å². The maximum Gasteiger partial charge on any atom is 0.339 e. The average Bonchev–Trinajstić information content (AvgIpc) is 2.17. The highest BCUT2D eigenvalue weighted by molar-refractivity contribution is 7.98. The number of rotatable bonds is 5. The summed E-state index contributed by atoms with van der Waals surface area (Å²) in [7, 11) is 0. The van der Waals surface area contributed by atoms with Crippen molar-refractivity contribution in [3.05, 3.63) is 23.3 Å². The van der Waals surface area contributed by atoms with Gasteiger partial charge < -0.3 is 5.11 Å². The summed E-state index contributed by atoms with van der Waals surface area (Å²) >= 11 is 1.76. The Hall–Kier alpha value is -1.10. The van der Waals surface area contributed by atoms with E-state index in [1.165, 1.54) is 6.20 Å². The summed E-state index contributed by atoms with van der Waals surface area (Å²) in [5.41, 5.74) is 0.712. The number of aromatic nitrogens is 2. The van der Waals surface area contributed by atoms with Crippen molar-refractivity contribution in [2.24, 2.45) is 0 Å². The normalized spacial score (nSPS) is 10.3. The Morgan fingerprint density at radius 3 is 2.87 bits per heavy atom. The number of aryl methyl sites for hydroxylation is 1. The molecular formula is C10H14N2O2S. The van der Waals surface area contributed by atoms with Crippen LogP contribution in [0.2, 0.25) is 0 Å². The van der Waals surface area contributed by atoms with Crippen molar-refractivity contribution >= 4 is 17.7 Å². The van der Waals surface area contributed by atoms with E-state index in [0.717, 1.165) is 17.9 Å². The number of carbonyl (C=O) groups is 1. The maximum absolute atomic E-state index is 10.7. The monoisotopic (exact) mass is 226 g/mol. The van der Waals surface area contributed by atoms with Crippen molar-refractivity contribution in [3.8, 4) is 0 Å². The van der Waals surface area contributed by atoms with E-state index in [1.807, 2.05) is 0 Å². The second-order valence-electron chi connectivity index (χ2n) is 3.14. The highest BCUT2D eigenvalue weighted by atomic mass is 32.2. The van der Waals surface area contributed by atoms with Crippen molar-refractivity contribution in [1.29, 1.82) is 0 Å². The van der Waals surface area contributed by atoms with Crippen molar-refractivity contribution in [2.45, 2.75) is 26.0 Å². The molecule has 0 fully saturated rings. The fourth-order valence-corrected chi connectivity index (χ4v) is 1.86. The Balaban J connectivity index is 2.69. The number of hydrogen-bond donors (Lipinski definition) is 1. The lowest BCUT2D eigenvalue weighted by Gasteiger charge is -2.02. The predicted octanol–water partition coefficient (Wildman–Crippen LogP) is 2.13. The van der Waals surface area contributed by atoms with Crippen LogP contribution in [0.3, 0.4) is 0 Å². The lowest BCUT2D eigenvalue weighted by molar-refractivity contribution is 0.0695. The lowest BCUT2D eigenvalue weighted by Crippen LogP contribution is -2.05. The molecule has 1 aromatic heterocycles. The predicted molar refractivity (Wildman–Crippen MR) is 60.2 cm³/mol. The quantitative estimate of drug-likeness (QED) is 0.779. The molecule has 0 unspecified atom stereocenters. The number of hydrogen-bond acceptors (Lipinski definition) is 4. The van der Waals surface area contributed by atoms with Gasteiger partial charge in [-0.15, -0.1) is 0 Å². The molecular weight excluding hydrogens is 212 g/mol. The van der Waals surface area contributed by atoms with Crippen LogP contribution in [-0.2, 0) is 5.75 Å². The minimum atomic E-state index is -0.972. The van der Waals surface area contributed by atoms with E-state index in [4.69, 9.17) is 5.11 Å². The van der Waals surface area contributed by atoms with Gasteiger partial charge in [-0.05, 0) is 19.1 Å². The Labute approximate surface area is 93.1 Å². The minimum absolute atomic E-state index is 0.180. The van der Waals surface area contributed by atoms with E-state index >= 15 is 0 Å². The summed E-state index contributed by atoms with van der Waals surface area (Å²) in [5.74, 6) is 1.55. The van der Waals surface area contributed by atoms with E-state index in [2.05, 4.69) is 16.9 Å². The Kier molecular flexibility index (Phi) is 4.55. The highest BCUT2D eigenvalue weighted by Crippen LogP contribution is 2.11. The van der Waals surface area contributed by atoms with Gasteiger partial charge >= 0.3 is 5.97 Å². The van der Waals surface area contributed by atoms with E-state index < -0.39 is 5.97 Å². The summed E-state index contributed by atoms with van der Waals surface area (Å²) in [5, 5.41) is 8.79. The fraction of sp³-hybridized carbons (Fsp3) is 0.500. The van der Waals surface area contributed by atoms with Gasteiger partial charge in [-0.25, -0.2) is 14.8 Å². The lowest BCUT2D eigenvalue weighted by atomic mass is 10.2. The molecule has 5 heteroatoms. The van der Waals surface area contributed by atoms with Gasteiger partial charge in [0.1, 0.15) is 5.82 Å². The Bertz CT molecular complexity index is 355. The second-order valence-corrected chi connectivity index (χ2v) is 4.25. The number of carboxylic acids is 1. The molecule has 0 radical (unpaired) electrons. The van der Waals surface area contributed by atoms with Gasteiger partial charge in [0, 0.05) is 6.20 Å². The van der Waals surface area contributed by atoms with E-state index in [0.29, 0.717) is 11.5 Å². The molecule has 0 aromatic carbocycles. The molecule has 1 aromatic rings.